The summed E-state index contributed by atoms with van der Waals surface area (Å²) in [5.41, 5.74) is -1.15. The first kappa shape index (κ1) is 31.7. The number of hydrogen-bond donors (Lipinski definition) is 9. The smallest absolute Gasteiger partial charge is 0.239 e. The van der Waals surface area contributed by atoms with Gasteiger partial charge in [-0.1, -0.05) is 0 Å². The Labute approximate surface area is 248 Å². The van der Waals surface area contributed by atoms with Crippen LogP contribution in [0.2, 0.25) is 0 Å². The molecule has 2 aromatic carbocycles. The third-order valence-corrected chi connectivity index (χ3v) is 7.52. The maximum Gasteiger partial charge on any atom is 0.239 e. The molecule has 240 valence electrons. The molecule has 0 aliphatic carbocycles. The first-order valence-corrected chi connectivity index (χ1v) is 13.4. The minimum Gasteiger partial charge on any atom is -0.508 e. The summed E-state index contributed by atoms with van der Waals surface area (Å²) in [6, 6.07) is 5.81. The molecule has 2 aliphatic heterocycles. The number of ether oxygens (including phenoxy) is 5. The van der Waals surface area contributed by atoms with E-state index < -0.39 is 96.1 Å². The number of aliphatic hydroxyl groups excluding tert-OH is 6. The molecule has 0 unspecified atom stereocenters. The summed E-state index contributed by atoms with van der Waals surface area (Å²) in [4.78, 5) is 13.8. The van der Waals surface area contributed by atoms with Crippen LogP contribution in [0.3, 0.4) is 0 Å². The first-order chi connectivity index (χ1) is 20.9. The van der Waals surface area contributed by atoms with Crippen LogP contribution in [0.5, 0.6) is 28.7 Å². The van der Waals surface area contributed by atoms with Crippen LogP contribution in [0, 0.1) is 0 Å². The van der Waals surface area contributed by atoms with Gasteiger partial charge in [0.15, 0.2) is 29.7 Å². The lowest BCUT2D eigenvalue weighted by Gasteiger charge is -2.45. The Morgan fingerprint density at radius 2 is 1.57 bits per heavy atom. The lowest BCUT2D eigenvalue weighted by molar-refractivity contribution is -0.354. The molecule has 44 heavy (non-hydrogen) atoms. The lowest BCUT2D eigenvalue weighted by Crippen LogP contribution is -2.64. The van der Waals surface area contributed by atoms with E-state index in [1.165, 1.54) is 32.2 Å². The minimum atomic E-state index is -1.89. The molecule has 9 N–H and O–H groups in total. The number of hydrogen-bond acceptors (Lipinski definition) is 16. The van der Waals surface area contributed by atoms with Gasteiger partial charge in [-0.05, 0) is 25.1 Å². The number of fused-ring (bicyclic) bond motifs is 1. The van der Waals surface area contributed by atoms with Gasteiger partial charge >= 0.3 is 0 Å². The van der Waals surface area contributed by atoms with E-state index >= 15 is 0 Å². The fourth-order valence-electron chi connectivity index (χ4n) is 5.08. The Balaban J connectivity index is 1.63. The van der Waals surface area contributed by atoms with E-state index in [0.717, 1.165) is 12.1 Å². The van der Waals surface area contributed by atoms with Crippen LogP contribution in [-0.2, 0) is 14.2 Å². The van der Waals surface area contributed by atoms with Gasteiger partial charge in [-0.2, -0.15) is 0 Å². The Bertz CT molecular complexity index is 1560. The zero-order valence-electron chi connectivity index (χ0n) is 23.3. The molecule has 3 heterocycles. The molecule has 16 heteroatoms. The molecule has 16 nitrogen and oxygen atoms in total. The van der Waals surface area contributed by atoms with Crippen LogP contribution in [0.1, 0.15) is 6.92 Å². The number of methoxy groups -OCH3 is 1. The van der Waals surface area contributed by atoms with Gasteiger partial charge < -0.3 is 74.1 Å². The number of benzene rings is 2. The van der Waals surface area contributed by atoms with Crippen molar-refractivity contribution in [2.75, 3.05) is 13.7 Å². The Morgan fingerprint density at radius 3 is 2.25 bits per heavy atom. The van der Waals surface area contributed by atoms with Gasteiger partial charge in [0, 0.05) is 17.7 Å². The van der Waals surface area contributed by atoms with Crippen LogP contribution >= 0.6 is 0 Å². The van der Waals surface area contributed by atoms with Crippen LogP contribution < -0.4 is 14.9 Å². The second kappa shape index (κ2) is 12.4. The molecule has 10 atom stereocenters. The predicted molar refractivity (Wildman–Crippen MR) is 145 cm³/mol. The van der Waals surface area contributed by atoms with Crippen molar-refractivity contribution in [2.24, 2.45) is 0 Å². The van der Waals surface area contributed by atoms with E-state index in [4.69, 9.17) is 28.1 Å². The van der Waals surface area contributed by atoms with Crippen molar-refractivity contribution in [3.63, 3.8) is 0 Å². The van der Waals surface area contributed by atoms with Crippen molar-refractivity contribution in [3.8, 4) is 40.1 Å². The third kappa shape index (κ3) is 5.63. The summed E-state index contributed by atoms with van der Waals surface area (Å²) >= 11 is 0. The quantitative estimate of drug-likeness (QED) is 0.147. The Kier molecular flexibility index (Phi) is 8.90. The highest BCUT2D eigenvalue weighted by Crippen LogP contribution is 2.40. The van der Waals surface area contributed by atoms with Crippen LogP contribution in [0.15, 0.2) is 39.5 Å². The molecule has 2 aliphatic rings. The molecule has 0 saturated carbocycles. The molecule has 2 fully saturated rings. The number of phenolic OH excluding ortho intramolecular Hbond substituents is 3. The highest BCUT2D eigenvalue weighted by molar-refractivity contribution is 5.88. The van der Waals surface area contributed by atoms with Crippen molar-refractivity contribution in [2.45, 2.75) is 68.3 Å². The summed E-state index contributed by atoms with van der Waals surface area (Å²) in [7, 11) is 1.28. The maximum absolute atomic E-state index is 13.8. The molecular formula is C28H32O16. The molecule has 0 spiro atoms. The second-order valence-electron chi connectivity index (χ2n) is 10.4. The third-order valence-electron chi connectivity index (χ3n) is 7.52. The summed E-state index contributed by atoms with van der Waals surface area (Å²) in [5, 5.41) is 92.3. The summed E-state index contributed by atoms with van der Waals surface area (Å²) in [6.07, 6.45) is -16.5. The minimum absolute atomic E-state index is 0.0257. The molecular weight excluding hydrogens is 592 g/mol. The van der Waals surface area contributed by atoms with Crippen LogP contribution in [-0.4, -0.2) is 121 Å². The highest BCUT2D eigenvalue weighted by Gasteiger charge is 2.51. The molecule has 3 aromatic rings. The number of rotatable bonds is 7. The van der Waals surface area contributed by atoms with Gasteiger partial charge in [-0.3, -0.25) is 4.79 Å². The first-order valence-electron chi connectivity index (χ1n) is 13.4. The standard InChI is InChI=1S/C28H32O16/c1-9-18(33)21(36)23(38)27(40-9)44-26-22(37)19(34)16(8-29)42-28(26)43-25-20(35)17-13(32)6-11(30)7-15(17)41-24(25)10-3-4-12(31)14(5-10)39-2/h3-7,9,16,18-19,21-23,26-34,36-38H,8H2,1-2H3/t9-,16-,18-,19-,21-,22-,23-,26-,27-,28+/m0/s1. The second-order valence-corrected chi connectivity index (χ2v) is 10.4. The largest absolute Gasteiger partial charge is 0.508 e. The topological polar surface area (TPSA) is 258 Å². The van der Waals surface area contributed by atoms with E-state index in [2.05, 4.69) is 0 Å². The summed E-state index contributed by atoms with van der Waals surface area (Å²) < 4.78 is 33.8. The maximum atomic E-state index is 13.8. The van der Waals surface area contributed by atoms with Crippen LogP contribution in [0.4, 0.5) is 0 Å². The molecule has 0 radical (unpaired) electrons. The van der Waals surface area contributed by atoms with Crippen LogP contribution in [0.25, 0.3) is 22.3 Å². The van der Waals surface area contributed by atoms with Crippen molar-refractivity contribution >= 4 is 11.0 Å². The average molecular weight is 625 g/mol. The van der Waals surface area contributed by atoms with Gasteiger partial charge in [-0.15, -0.1) is 0 Å². The normalized spacial score (nSPS) is 32.5. The van der Waals surface area contributed by atoms with E-state index in [9.17, 15) is 50.8 Å². The van der Waals surface area contributed by atoms with Gasteiger partial charge in [0.05, 0.1) is 19.8 Å². The lowest BCUT2D eigenvalue weighted by atomic mass is 9.97. The summed E-state index contributed by atoms with van der Waals surface area (Å²) in [5.74, 6) is -2.34. The van der Waals surface area contributed by atoms with E-state index in [-0.39, 0.29) is 28.4 Å². The molecule has 0 amide bonds. The Morgan fingerprint density at radius 1 is 0.841 bits per heavy atom. The van der Waals surface area contributed by atoms with Gasteiger partial charge in [-0.25, -0.2) is 0 Å². The van der Waals surface area contributed by atoms with Crippen molar-refractivity contribution in [1.29, 1.82) is 0 Å². The fraction of sp³-hybridized carbons (Fsp3) is 0.464. The summed E-state index contributed by atoms with van der Waals surface area (Å²) in [6.45, 7) is 0.570. The molecule has 1 aromatic heterocycles. The van der Waals surface area contributed by atoms with E-state index in [1.54, 1.807) is 0 Å². The van der Waals surface area contributed by atoms with Gasteiger partial charge in [0.25, 0.3) is 0 Å². The Hall–Kier alpha value is -3.71. The fourth-order valence-corrected chi connectivity index (χ4v) is 5.08. The van der Waals surface area contributed by atoms with Crippen molar-refractivity contribution < 1.29 is 74.1 Å². The van der Waals surface area contributed by atoms with Crippen molar-refractivity contribution in [3.05, 3.63) is 40.6 Å². The number of phenols is 3. The zero-order valence-corrected chi connectivity index (χ0v) is 23.3. The van der Waals surface area contributed by atoms with Gasteiger partial charge in [0.1, 0.15) is 59.1 Å². The molecule has 5 rings (SSSR count). The highest BCUT2D eigenvalue weighted by atomic mass is 16.8. The monoisotopic (exact) mass is 624 g/mol. The predicted octanol–water partition coefficient (Wildman–Crippen LogP) is -1.38. The molecule has 2 saturated heterocycles. The van der Waals surface area contributed by atoms with E-state index in [0.29, 0.717) is 0 Å². The SMILES string of the molecule is COc1cc(-c2oc3cc(O)cc(O)c3c(=O)c2O[C@H]2O[C@@H](CO)[C@H](O)[C@H](O)[C@@H]2O[C@@H]2O[C@@H](C)[C@H](O)[C@H](O)[C@@H]2O)ccc1O. The number of aliphatic hydroxyl groups is 6. The zero-order chi connectivity index (χ0) is 32.0. The van der Waals surface area contributed by atoms with Gasteiger partial charge in [0.2, 0.25) is 17.5 Å². The average Bonchev–Trinajstić information content (AvgIpc) is 2.99. The van der Waals surface area contributed by atoms with Crippen molar-refractivity contribution in [1.82, 2.24) is 0 Å². The number of aromatic hydroxyl groups is 3. The van der Waals surface area contributed by atoms with E-state index in [1.807, 2.05) is 0 Å². The molecule has 0 bridgehead atoms.